The van der Waals surface area contributed by atoms with E-state index >= 15 is 0 Å². The second kappa shape index (κ2) is 21.2. The van der Waals surface area contributed by atoms with Crippen molar-refractivity contribution in [1.29, 1.82) is 0 Å². The lowest BCUT2D eigenvalue weighted by Crippen LogP contribution is -2.06. The van der Waals surface area contributed by atoms with Crippen molar-refractivity contribution >= 4 is 0 Å². The highest BCUT2D eigenvalue weighted by atomic mass is 17.2. The van der Waals surface area contributed by atoms with E-state index in [1.54, 1.807) is 0 Å². The van der Waals surface area contributed by atoms with Crippen molar-refractivity contribution in [3.05, 3.63) is 0 Å². The van der Waals surface area contributed by atoms with E-state index in [2.05, 4.69) is 27.7 Å². The summed E-state index contributed by atoms with van der Waals surface area (Å²) in [4.78, 5) is 10.9. The predicted molar refractivity (Wildman–Crippen MR) is 115 cm³/mol. The summed E-state index contributed by atoms with van der Waals surface area (Å²) in [6.45, 7) is 10.7. The zero-order valence-electron chi connectivity index (χ0n) is 18.7. The molecule has 0 aromatic heterocycles. The molecule has 0 aromatic rings. The molecule has 0 unspecified atom stereocenters. The van der Waals surface area contributed by atoms with Gasteiger partial charge < -0.3 is 0 Å². The minimum atomic E-state index is 0.768. The van der Waals surface area contributed by atoms with E-state index in [9.17, 15) is 0 Å². The molecular weight excluding hydrogens is 320 g/mol. The fraction of sp³-hybridized carbons (Fsp3) is 1.00. The summed E-state index contributed by atoms with van der Waals surface area (Å²) < 4.78 is 0. The van der Waals surface area contributed by atoms with Crippen LogP contribution >= 0.6 is 0 Å². The van der Waals surface area contributed by atoms with Crippen molar-refractivity contribution in [3.8, 4) is 0 Å². The largest absolute Gasteiger partial charge is 0.237 e. The van der Waals surface area contributed by atoms with Crippen LogP contribution in [0.25, 0.3) is 0 Å². The highest BCUT2D eigenvalue weighted by molar-refractivity contribution is 4.61. The molecular formula is C24H50O2. The molecule has 2 heteroatoms. The lowest BCUT2D eigenvalue weighted by molar-refractivity contribution is -0.295. The van der Waals surface area contributed by atoms with Crippen molar-refractivity contribution in [1.82, 2.24) is 0 Å². The SMILES string of the molecule is CCCCC(CCCC)CCCOOCCCC(CCCC)CCCC. The first-order valence-corrected chi connectivity index (χ1v) is 12.0. The van der Waals surface area contributed by atoms with Gasteiger partial charge in [-0.2, -0.15) is 0 Å². The molecule has 0 amide bonds. The summed E-state index contributed by atoms with van der Waals surface area (Å²) in [5.41, 5.74) is 0. The Bertz CT molecular complexity index is 213. The van der Waals surface area contributed by atoms with Crippen molar-refractivity contribution in [2.75, 3.05) is 13.2 Å². The summed E-state index contributed by atoms with van der Waals surface area (Å²) >= 11 is 0. The highest BCUT2D eigenvalue weighted by Crippen LogP contribution is 2.22. The molecule has 0 aliphatic carbocycles. The molecule has 0 saturated carbocycles. The summed E-state index contributed by atoms with van der Waals surface area (Å²) in [6.07, 6.45) is 21.3. The molecule has 0 bridgehead atoms. The van der Waals surface area contributed by atoms with Gasteiger partial charge in [-0.25, -0.2) is 9.78 Å². The normalized spacial score (nSPS) is 11.8. The minimum Gasteiger partial charge on any atom is -0.237 e. The standard InChI is InChI=1S/C24H50O2/c1-5-9-15-23(16-10-6-2)19-13-21-25-26-22-14-20-24(17-11-7-3)18-12-8-4/h23-24H,5-22H2,1-4H3. The Morgan fingerprint density at radius 2 is 0.692 bits per heavy atom. The smallest absolute Gasteiger partial charge is 0.0822 e. The molecule has 26 heavy (non-hydrogen) atoms. The van der Waals surface area contributed by atoms with E-state index in [0.29, 0.717) is 0 Å². The predicted octanol–water partition coefficient (Wildman–Crippen LogP) is 8.49. The monoisotopic (exact) mass is 370 g/mol. The number of hydrogen-bond donors (Lipinski definition) is 0. The molecule has 0 N–H and O–H groups in total. The van der Waals surface area contributed by atoms with Gasteiger partial charge in [0.05, 0.1) is 13.2 Å². The average Bonchev–Trinajstić information content (AvgIpc) is 2.66. The van der Waals surface area contributed by atoms with Crippen LogP contribution in [0.1, 0.15) is 130 Å². The maximum Gasteiger partial charge on any atom is 0.0822 e. The topological polar surface area (TPSA) is 18.5 Å². The lowest BCUT2D eigenvalue weighted by atomic mass is 9.92. The average molecular weight is 371 g/mol. The van der Waals surface area contributed by atoms with E-state index in [4.69, 9.17) is 9.78 Å². The van der Waals surface area contributed by atoms with E-state index in [1.165, 1.54) is 89.9 Å². The fourth-order valence-corrected chi connectivity index (χ4v) is 3.82. The van der Waals surface area contributed by atoms with Gasteiger partial charge in [0.15, 0.2) is 0 Å². The van der Waals surface area contributed by atoms with Gasteiger partial charge in [-0.1, -0.05) is 105 Å². The Balaban J connectivity index is 3.64. The summed E-state index contributed by atoms with van der Waals surface area (Å²) in [5.74, 6) is 1.80. The summed E-state index contributed by atoms with van der Waals surface area (Å²) in [5, 5.41) is 0. The second-order valence-corrected chi connectivity index (χ2v) is 8.23. The second-order valence-electron chi connectivity index (χ2n) is 8.23. The third-order valence-corrected chi connectivity index (χ3v) is 5.63. The quantitative estimate of drug-likeness (QED) is 0.114. The first-order valence-electron chi connectivity index (χ1n) is 12.0. The van der Waals surface area contributed by atoms with Gasteiger partial charge in [-0.3, -0.25) is 0 Å². The Labute approximate surface area is 165 Å². The molecule has 0 heterocycles. The third-order valence-electron chi connectivity index (χ3n) is 5.63. The van der Waals surface area contributed by atoms with Gasteiger partial charge in [0.25, 0.3) is 0 Å². The molecule has 158 valence electrons. The molecule has 0 atom stereocenters. The minimum absolute atomic E-state index is 0.768. The lowest BCUT2D eigenvalue weighted by Gasteiger charge is -2.17. The van der Waals surface area contributed by atoms with Gasteiger partial charge in [0.2, 0.25) is 0 Å². The van der Waals surface area contributed by atoms with E-state index in [1.807, 2.05) is 0 Å². The van der Waals surface area contributed by atoms with Gasteiger partial charge in [-0.05, 0) is 37.5 Å². The molecule has 0 aromatic carbocycles. The molecule has 0 spiro atoms. The summed E-state index contributed by atoms with van der Waals surface area (Å²) in [6, 6.07) is 0. The van der Waals surface area contributed by atoms with Crippen LogP contribution in [-0.2, 0) is 9.78 Å². The Kier molecular flexibility index (Phi) is 21.2. The molecule has 0 radical (unpaired) electrons. The highest BCUT2D eigenvalue weighted by Gasteiger charge is 2.09. The van der Waals surface area contributed by atoms with Crippen LogP contribution in [0.15, 0.2) is 0 Å². The maximum absolute atomic E-state index is 5.44. The zero-order valence-corrected chi connectivity index (χ0v) is 18.7. The summed E-state index contributed by atoms with van der Waals surface area (Å²) in [7, 11) is 0. The molecule has 0 aliphatic rings. The number of hydrogen-bond acceptors (Lipinski definition) is 2. The van der Waals surface area contributed by atoms with Gasteiger partial charge in [0, 0.05) is 0 Å². The Morgan fingerprint density at radius 3 is 0.962 bits per heavy atom. The van der Waals surface area contributed by atoms with Crippen LogP contribution in [0, 0.1) is 11.8 Å². The van der Waals surface area contributed by atoms with Crippen LogP contribution in [0.4, 0.5) is 0 Å². The first-order chi connectivity index (χ1) is 12.8. The van der Waals surface area contributed by atoms with Crippen LogP contribution in [0.5, 0.6) is 0 Å². The zero-order chi connectivity index (χ0) is 19.3. The molecule has 0 fully saturated rings. The van der Waals surface area contributed by atoms with E-state index < -0.39 is 0 Å². The van der Waals surface area contributed by atoms with E-state index in [0.717, 1.165) is 37.9 Å². The van der Waals surface area contributed by atoms with Gasteiger partial charge in [0.1, 0.15) is 0 Å². The Morgan fingerprint density at radius 1 is 0.423 bits per heavy atom. The fourth-order valence-electron chi connectivity index (χ4n) is 3.82. The maximum atomic E-state index is 5.44. The number of rotatable bonds is 21. The van der Waals surface area contributed by atoms with Crippen LogP contribution < -0.4 is 0 Å². The van der Waals surface area contributed by atoms with Crippen LogP contribution in [0.2, 0.25) is 0 Å². The van der Waals surface area contributed by atoms with E-state index in [-0.39, 0.29) is 0 Å². The Hall–Kier alpha value is -0.0800. The van der Waals surface area contributed by atoms with Crippen molar-refractivity contribution in [2.24, 2.45) is 11.8 Å². The molecule has 0 rings (SSSR count). The third kappa shape index (κ3) is 17.3. The van der Waals surface area contributed by atoms with Gasteiger partial charge >= 0.3 is 0 Å². The molecule has 0 aliphatic heterocycles. The number of unbranched alkanes of at least 4 members (excludes halogenated alkanes) is 4. The van der Waals surface area contributed by atoms with Crippen molar-refractivity contribution in [2.45, 2.75) is 130 Å². The first kappa shape index (κ1) is 25.9. The molecule has 2 nitrogen and oxygen atoms in total. The van der Waals surface area contributed by atoms with Crippen LogP contribution in [-0.4, -0.2) is 13.2 Å². The van der Waals surface area contributed by atoms with Crippen molar-refractivity contribution in [3.63, 3.8) is 0 Å². The van der Waals surface area contributed by atoms with Gasteiger partial charge in [-0.15, -0.1) is 0 Å². The van der Waals surface area contributed by atoms with Crippen LogP contribution in [0.3, 0.4) is 0 Å². The molecule has 0 saturated heterocycles. The van der Waals surface area contributed by atoms with Crippen molar-refractivity contribution < 1.29 is 9.78 Å².